The summed E-state index contributed by atoms with van der Waals surface area (Å²) in [5.74, 6) is 1.40. The zero-order valence-electron chi connectivity index (χ0n) is 22.2. The SMILES string of the molecule is CCN(CCNc1nc(N2CCCCC2)nc(N2CCCCC2)n1)c1c([N+](=O)[O-])cc(C(F)(F)F)cc1[N+](=O)[O-]. The molecule has 0 radical (unpaired) electrons. The van der Waals surface area contributed by atoms with E-state index >= 15 is 0 Å². The normalized spacial score (nSPS) is 16.1. The van der Waals surface area contributed by atoms with Gasteiger partial charge >= 0.3 is 6.18 Å². The second-order valence-corrected chi connectivity index (χ2v) is 9.74. The van der Waals surface area contributed by atoms with Crippen LogP contribution in [0.1, 0.15) is 51.0 Å². The van der Waals surface area contributed by atoms with E-state index in [1.165, 1.54) is 4.90 Å². The van der Waals surface area contributed by atoms with Gasteiger partial charge in [-0.2, -0.15) is 28.1 Å². The van der Waals surface area contributed by atoms with Gasteiger partial charge in [0.05, 0.1) is 15.4 Å². The molecule has 2 aromatic rings. The molecule has 218 valence electrons. The molecule has 0 bridgehead atoms. The van der Waals surface area contributed by atoms with E-state index in [4.69, 9.17) is 4.98 Å². The molecule has 2 aliphatic rings. The van der Waals surface area contributed by atoms with Crippen molar-refractivity contribution in [2.24, 2.45) is 0 Å². The van der Waals surface area contributed by atoms with Crippen LogP contribution in [0, 0.1) is 20.2 Å². The number of hydrogen-bond acceptors (Lipinski definition) is 11. The topological polar surface area (TPSA) is 147 Å². The Morgan fingerprint density at radius 2 is 1.35 bits per heavy atom. The molecule has 1 N–H and O–H groups in total. The van der Waals surface area contributed by atoms with Crippen LogP contribution >= 0.6 is 0 Å². The molecule has 1 aromatic carbocycles. The molecule has 0 atom stereocenters. The fourth-order valence-electron chi connectivity index (χ4n) is 5.00. The molecule has 16 heteroatoms. The zero-order chi connectivity index (χ0) is 28.9. The number of hydrogen-bond donors (Lipinski definition) is 1. The average molecular weight is 568 g/mol. The summed E-state index contributed by atoms with van der Waals surface area (Å²) in [4.78, 5) is 40.7. The summed E-state index contributed by atoms with van der Waals surface area (Å²) in [5.41, 5.74) is -3.90. The largest absolute Gasteiger partial charge is 0.416 e. The Hall–Kier alpha value is -3.98. The van der Waals surface area contributed by atoms with Crippen LogP contribution in [0.2, 0.25) is 0 Å². The van der Waals surface area contributed by atoms with Gasteiger partial charge in [-0.15, -0.1) is 0 Å². The third kappa shape index (κ3) is 6.77. The first kappa shape index (κ1) is 29.0. The van der Waals surface area contributed by atoms with Crippen molar-refractivity contribution < 1.29 is 23.0 Å². The third-order valence-corrected chi connectivity index (χ3v) is 7.04. The average Bonchev–Trinajstić information content (AvgIpc) is 2.95. The Kier molecular flexibility index (Phi) is 9.04. The molecule has 0 aliphatic carbocycles. The van der Waals surface area contributed by atoms with Crippen LogP contribution in [0.5, 0.6) is 0 Å². The molecule has 3 heterocycles. The number of alkyl halides is 3. The Labute approximate surface area is 228 Å². The van der Waals surface area contributed by atoms with Crippen molar-refractivity contribution in [3.8, 4) is 0 Å². The number of likely N-dealkylation sites (N-methyl/N-ethyl adjacent to an activating group) is 1. The van der Waals surface area contributed by atoms with Crippen molar-refractivity contribution in [3.63, 3.8) is 0 Å². The number of nitro benzene ring substituents is 2. The van der Waals surface area contributed by atoms with Crippen LogP contribution in [-0.2, 0) is 6.18 Å². The second kappa shape index (κ2) is 12.5. The van der Waals surface area contributed by atoms with Crippen LogP contribution < -0.4 is 20.0 Å². The second-order valence-electron chi connectivity index (χ2n) is 9.74. The summed E-state index contributed by atoms with van der Waals surface area (Å²) in [5, 5.41) is 26.5. The predicted molar refractivity (Wildman–Crippen MR) is 143 cm³/mol. The lowest BCUT2D eigenvalue weighted by molar-refractivity contribution is -0.393. The van der Waals surface area contributed by atoms with Crippen LogP contribution in [0.15, 0.2) is 12.1 Å². The van der Waals surface area contributed by atoms with E-state index in [1.54, 1.807) is 6.92 Å². The van der Waals surface area contributed by atoms with E-state index in [9.17, 15) is 33.4 Å². The molecule has 0 unspecified atom stereocenters. The van der Waals surface area contributed by atoms with Crippen molar-refractivity contribution in [3.05, 3.63) is 37.9 Å². The summed E-state index contributed by atoms with van der Waals surface area (Å²) in [6.07, 6.45) is 1.42. The van der Waals surface area contributed by atoms with Gasteiger partial charge in [0.2, 0.25) is 17.8 Å². The number of nitrogens with one attached hydrogen (secondary N) is 1. The first-order chi connectivity index (χ1) is 19.1. The molecule has 40 heavy (non-hydrogen) atoms. The number of nitrogens with zero attached hydrogens (tertiary/aromatic N) is 8. The lowest BCUT2D eigenvalue weighted by Crippen LogP contribution is -2.35. The van der Waals surface area contributed by atoms with Crippen LogP contribution in [-0.4, -0.2) is 70.6 Å². The summed E-state index contributed by atoms with van der Waals surface area (Å²) in [6.45, 7) is 5.11. The van der Waals surface area contributed by atoms with Gasteiger partial charge in [0.1, 0.15) is 0 Å². The Bertz CT molecular complexity index is 1150. The predicted octanol–water partition coefficient (Wildman–Crippen LogP) is 4.63. The maximum atomic E-state index is 13.3. The smallest absolute Gasteiger partial charge is 0.359 e. The maximum Gasteiger partial charge on any atom is 0.416 e. The molecule has 2 saturated heterocycles. The fraction of sp³-hybridized carbons (Fsp3) is 0.625. The van der Waals surface area contributed by atoms with Crippen LogP contribution in [0.25, 0.3) is 0 Å². The number of halogens is 3. The highest BCUT2D eigenvalue weighted by atomic mass is 19.4. The number of piperidine rings is 2. The Balaban J connectivity index is 1.59. The summed E-state index contributed by atoms with van der Waals surface area (Å²) in [7, 11) is 0. The first-order valence-corrected chi connectivity index (χ1v) is 13.4. The lowest BCUT2D eigenvalue weighted by atomic mass is 10.1. The van der Waals surface area contributed by atoms with Gasteiger partial charge in [-0.3, -0.25) is 20.2 Å². The summed E-state index contributed by atoms with van der Waals surface area (Å²) in [6, 6.07) is 0.667. The number of anilines is 4. The molecule has 1 aromatic heterocycles. The zero-order valence-corrected chi connectivity index (χ0v) is 22.2. The van der Waals surface area contributed by atoms with E-state index in [0.717, 1.165) is 64.7 Å². The van der Waals surface area contributed by atoms with Crippen LogP contribution in [0.3, 0.4) is 0 Å². The maximum absolute atomic E-state index is 13.3. The van der Waals surface area contributed by atoms with Gasteiger partial charge in [0, 0.05) is 57.9 Å². The van der Waals surface area contributed by atoms with Gasteiger partial charge in [-0.25, -0.2) is 0 Å². The van der Waals surface area contributed by atoms with E-state index in [0.29, 0.717) is 30.0 Å². The van der Waals surface area contributed by atoms with Gasteiger partial charge < -0.3 is 20.0 Å². The minimum atomic E-state index is -4.98. The monoisotopic (exact) mass is 567 g/mol. The number of rotatable bonds is 10. The number of benzene rings is 1. The van der Waals surface area contributed by atoms with E-state index in [-0.39, 0.29) is 19.6 Å². The number of aromatic nitrogens is 3. The van der Waals surface area contributed by atoms with E-state index in [1.807, 2.05) is 0 Å². The Morgan fingerprint density at radius 3 is 1.75 bits per heavy atom. The van der Waals surface area contributed by atoms with Crippen molar-refractivity contribution in [2.75, 3.05) is 65.8 Å². The van der Waals surface area contributed by atoms with Crippen molar-refractivity contribution in [1.29, 1.82) is 0 Å². The highest BCUT2D eigenvalue weighted by Crippen LogP contribution is 2.43. The lowest BCUT2D eigenvalue weighted by Gasteiger charge is -2.30. The van der Waals surface area contributed by atoms with Crippen molar-refractivity contribution in [2.45, 2.75) is 51.6 Å². The van der Waals surface area contributed by atoms with Gasteiger partial charge in [0.15, 0.2) is 5.69 Å². The molecule has 4 rings (SSSR count). The van der Waals surface area contributed by atoms with Crippen molar-refractivity contribution in [1.82, 2.24) is 15.0 Å². The Morgan fingerprint density at radius 1 is 0.875 bits per heavy atom. The molecule has 0 amide bonds. The molecular formula is C24H32F3N9O4. The molecule has 0 spiro atoms. The van der Waals surface area contributed by atoms with Crippen molar-refractivity contribution >= 4 is 34.9 Å². The van der Waals surface area contributed by atoms with E-state index in [2.05, 4.69) is 25.1 Å². The minimum absolute atomic E-state index is 0.00726. The summed E-state index contributed by atoms with van der Waals surface area (Å²) >= 11 is 0. The number of nitro groups is 2. The summed E-state index contributed by atoms with van der Waals surface area (Å²) < 4.78 is 40.0. The highest BCUT2D eigenvalue weighted by Gasteiger charge is 2.39. The van der Waals surface area contributed by atoms with Gasteiger partial charge in [0.25, 0.3) is 11.4 Å². The molecular weight excluding hydrogens is 535 g/mol. The quantitative estimate of drug-likeness (QED) is 0.317. The van der Waals surface area contributed by atoms with E-state index < -0.39 is 38.6 Å². The molecule has 2 aliphatic heterocycles. The molecule has 2 fully saturated rings. The van der Waals surface area contributed by atoms with Crippen LogP contribution in [0.4, 0.5) is 48.1 Å². The van der Waals surface area contributed by atoms with Gasteiger partial charge in [-0.05, 0) is 45.4 Å². The molecule has 13 nitrogen and oxygen atoms in total. The fourth-order valence-corrected chi connectivity index (χ4v) is 5.00. The molecule has 0 saturated carbocycles. The highest BCUT2D eigenvalue weighted by molar-refractivity contribution is 5.76. The third-order valence-electron chi connectivity index (χ3n) is 7.04. The minimum Gasteiger partial charge on any atom is -0.359 e. The van der Waals surface area contributed by atoms with Gasteiger partial charge in [-0.1, -0.05) is 0 Å². The standard InChI is InChI=1S/C24H32F3N9O4/c1-2-32(20-18(35(37)38)15-17(24(25,26)27)16-19(20)36(39)40)14-9-28-21-29-22(33-10-5-3-6-11-33)31-23(30-21)34-12-7-4-8-13-34/h15-16H,2-14H2,1H3,(H,28,29,30,31). The first-order valence-electron chi connectivity index (χ1n) is 13.4.